The second-order valence-corrected chi connectivity index (χ2v) is 3.92. The number of carbonyl (C=O) groups is 1. The van der Waals surface area contributed by atoms with E-state index >= 15 is 0 Å². The summed E-state index contributed by atoms with van der Waals surface area (Å²) in [4.78, 5) is 11.1. The summed E-state index contributed by atoms with van der Waals surface area (Å²) in [5, 5.41) is 9.78. The summed E-state index contributed by atoms with van der Waals surface area (Å²) >= 11 is 3.34. The average molecular weight is 285 g/mol. The third-order valence-corrected chi connectivity index (χ3v) is 2.86. The molecule has 0 fully saturated rings. The van der Waals surface area contributed by atoms with Gasteiger partial charge in [0.1, 0.15) is 5.57 Å². The minimum atomic E-state index is -0.989. The number of ether oxygens (including phenoxy) is 1. The Kier molecular flexibility index (Phi) is 4.55. The Hall–Kier alpha value is -1.29. The summed E-state index contributed by atoms with van der Waals surface area (Å²) in [7, 11) is 1.44. The summed E-state index contributed by atoms with van der Waals surface area (Å²) in [6.07, 6.45) is 1.25. The molecular weight excluding hydrogens is 272 g/mol. The first kappa shape index (κ1) is 12.8. The van der Waals surface area contributed by atoms with Gasteiger partial charge in [-0.25, -0.2) is 4.79 Å². The summed E-state index contributed by atoms with van der Waals surface area (Å²) in [6.45, 7) is 1.87. The molecule has 0 saturated carbocycles. The largest absolute Gasteiger partial charge is 0.503 e. The minimum absolute atomic E-state index is 0.169. The van der Waals surface area contributed by atoms with E-state index in [1.54, 1.807) is 0 Å². The van der Waals surface area contributed by atoms with Gasteiger partial charge in [0.15, 0.2) is 0 Å². The lowest BCUT2D eigenvalue weighted by molar-refractivity contribution is -0.130. The molecule has 0 aliphatic carbocycles. The summed E-state index contributed by atoms with van der Waals surface area (Å²) in [5.74, 6) is -0.989. The highest BCUT2D eigenvalue weighted by atomic mass is 79.9. The van der Waals surface area contributed by atoms with E-state index in [0.717, 1.165) is 11.1 Å². The number of benzene rings is 1. The van der Waals surface area contributed by atoms with Crippen molar-refractivity contribution in [3.63, 3.8) is 0 Å². The van der Waals surface area contributed by atoms with E-state index < -0.39 is 5.97 Å². The molecule has 0 aliphatic rings. The fourth-order valence-electron chi connectivity index (χ4n) is 1.39. The Bertz CT molecular complexity index is 424. The van der Waals surface area contributed by atoms with E-state index in [4.69, 9.17) is 9.84 Å². The summed E-state index contributed by atoms with van der Waals surface area (Å²) < 4.78 is 4.79. The standard InChI is InChI=1S/C12H13BrO3/c1-8-3-4-9(6-13)5-10(8)11(7-16-2)12(14)15/h3-5,7H,6H2,1-2H3,(H,14,15)/b11-7-. The molecule has 0 spiro atoms. The SMILES string of the molecule is CO/C=C(\C(=O)O)c1cc(CBr)ccc1C. The van der Waals surface area contributed by atoms with Gasteiger partial charge in [0, 0.05) is 5.33 Å². The number of methoxy groups -OCH3 is 1. The van der Waals surface area contributed by atoms with Crippen molar-refractivity contribution in [1.29, 1.82) is 0 Å². The summed E-state index contributed by atoms with van der Waals surface area (Å²) in [5.41, 5.74) is 2.80. The molecule has 0 aliphatic heterocycles. The minimum Gasteiger partial charge on any atom is -0.503 e. The zero-order chi connectivity index (χ0) is 12.1. The molecule has 86 valence electrons. The first-order valence-corrected chi connectivity index (χ1v) is 5.84. The lowest BCUT2D eigenvalue weighted by Gasteiger charge is -2.08. The van der Waals surface area contributed by atoms with Gasteiger partial charge in [-0.2, -0.15) is 0 Å². The van der Waals surface area contributed by atoms with Crippen LogP contribution in [0.5, 0.6) is 0 Å². The molecule has 0 atom stereocenters. The predicted molar refractivity (Wildman–Crippen MR) is 66.4 cm³/mol. The number of aryl methyl sites for hydroxylation is 1. The van der Waals surface area contributed by atoms with Crippen LogP contribution in [0.3, 0.4) is 0 Å². The van der Waals surface area contributed by atoms with Crippen LogP contribution in [0.2, 0.25) is 0 Å². The first-order valence-electron chi connectivity index (χ1n) is 4.72. The molecule has 0 aromatic heterocycles. The maximum absolute atomic E-state index is 11.1. The van der Waals surface area contributed by atoms with Crippen LogP contribution in [0, 0.1) is 6.92 Å². The molecule has 0 saturated heterocycles. The second kappa shape index (κ2) is 5.70. The van der Waals surface area contributed by atoms with Crippen LogP contribution in [-0.4, -0.2) is 18.2 Å². The number of alkyl halides is 1. The fourth-order valence-corrected chi connectivity index (χ4v) is 1.74. The predicted octanol–water partition coefficient (Wildman–Crippen LogP) is 2.96. The van der Waals surface area contributed by atoms with Crippen molar-refractivity contribution in [3.05, 3.63) is 41.2 Å². The third-order valence-electron chi connectivity index (χ3n) is 2.21. The highest BCUT2D eigenvalue weighted by Gasteiger charge is 2.13. The van der Waals surface area contributed by atoms with Gasteiger partial charge in [-0.05, 0) is 29.7 Å². The summed E-state index contributed by atoms with van der Waals surface area (Å²) in [6, 6.07) is 5.71. The third kappa shape index (κ3) is 2.85. The van der Waals surface area contributed by atoms with Crippen molar-refractivity contribution in [1.82, 2.24) is 0 Å². The zero-order valence-electron chi connectivity index (χ0n) is 9.16. The molecule has 16 heavy (non-hydrogen) atoms. The zero-order valence-corrected chi connectivity index (χ0v) is 10.7. The van der Waals surface area contributed by atoms with Gasteiger partial charge in [0.05, 0.1) is 13.4 Å². The van der Waals surface area contributed by atoms with Gasteiger partial charge in [0.25, 0.3) is 0 Å². The molecule has 1 N–H and O–H groups in total. The molecule has 0 radical (unpaired) electrons. The van der Waals surface area contributed by atoms with Crippen LogP contribution in [0.1, 0.15) is 16.7 Å². The van der Waals surface area contributed by atoms with E-state index in [0.29, 0.717) is 10.9 Å². The van der Waals surface area contributed by atoms with Gasteiger partial charge >= 0.3 is 5.97 Å². The molecule has 4 heteroatoms. The van der Waals surface area contributed by atoms with Crippen LogP contribution in [0.15, 0.2) is 24.5 Å². The van der Waals surface area contributed by atoms with E-state index in [1.807, 2.05) is 25.1 Å². The molecule has 0 heterocycles. The van der Waals surface area contributed by atoms with Crippen molar-refractivity contribution in [2.45, 2.75) is 12.3 Å². The number of carboxylic acids is 1. The van der Waals surface area contributed by atoms with Crippen molar-refractivity contribution in [2.24, 2.45) is 0 Å². The Morgan fingerprint density at radius 2 is 2.25 bits per heavy atom. The quantitative estimate of drug-likeness (QED) is 0.525. The van der Waals surface area contributed by atoms with Crippen molar-refractivity contribution >= 4 is 27.5 Å². The fraction of sp³-hybridized carbons (Fsp3) is 0.250. The maximum Gasteiger partial charge on any atom is 0.339 e. The number of aliphatic carboxylic acids is 1. The van der Waals surface area contributed by atoms with Crippen LogP contribution in [0.4, 0.5) is 0 Å². The number of rotatable bonds is 4. The van der Waals surface area contributed by atoms with Crippen molar-refractivity contribution in [3.8, 4) is 0 Å². The van der Waals surface area contributed by atoms with Gasteiger partial charge < -0.3 is 9.84 Å². The van der Waals surface area contributed by atoms with E-state index in [2.05, 4.69) is 15.9 Å². The van der Waals surface area contributed by atoms with Crippen molar-refractivity contribution < 1.29 is 14.6 Å². The first-order chi connectivity index (χ1) is 7.60. The molecule has 1 rings (SSSR count). The lowest BCUT2D eigenvalue weighted by Crippen LogP contribution is -2.02. The van der Waals surface area contributed by atoms with Crippen LogP contribution in [-0.2, 0) is 14.9 Å². The molecule has 1 aromatic rings. The molecule has 3 nitrogen and oxygen atoms in total. The highest BCUT2D eigenvalue weighted by molar-refractivity contribution is 9.08. The van der Waals surface area contributed by atoms with E-state index in [9.17, 15) is 4.79 Å². The molecule has 0 unspecified atom stereocenters. The van der Waals surface area contributed by atoms with Gasteiger partial charge in [-0.1, -0.05) is 28.1 Å². The second-order valence-electron chi connectivity index (χ2n) is 3.36. The Labute approximate surface area is 103 Å². The van der Waals surface area contributed by atoms with E-state index in [-0.39, 0.29) is 5.57 Å². The van der Waals surface area contributed by atoms with Crippen molar-refractivity contribution in [2.75, 3.05) is 7.11 Å². The van der Waals surface area contributed by atoms with Crippen LogP contribution >= 0.6 is 15.9 Å². The maximum atomic E-state index is 11.1. The number of carboxylic acid groups (broad SMARTS) is 1. The monoisotopic (exact) mass is 284 g/mol. The van der Waals surface area contributed by atoms with Gasteiger partial charge in [0.2, 0.25) is 0 Å². The molecule has 1 aromatic carbocycles. The number of hydrogen-bond acceptors (Lipinski definition) is 2. The van der Waals surface area contributed by atoms with Gasteiger partial charge in [-0.3, -0.25) is 0 Å². The Morgan fingerprint density at radius 1 is 1.56 bits per heavy atom. The number of hydrogen-bond donors (Lipinski definition) is 1. The normalized spacial score (nSPS) is 11.3. The topological polar surface area (TPSA) is 46.5 Å². The molecular formula is C12H13BrO3. The average Bonchev–Trinajstić information content (AvgIpc) is 2.27. The molecule has 0 amide bonds. The van der Waals surface area contributed by atoms with Gasteiger partial charge in [-0.15, -0.1) is 0 Å². The lowest BCUT2D eigenvalue weighted by atomic mass is 9.99. The Morgan fingerprint density at radius 3 is 2.75 bits per heavy atom. The van der Waals surface area contributed by atoms with E-state index in [1.165, 1.54) is 13.4 Å². The highest BCUT2D eigenvalue weighted by Crippen LogP contribution is 2.22. The molecule has 0 bridgehead atoms. The Balaban J connectivity index is 3.28. The smallest absolute Gasteiger partial charge is 0.339 e. The van der Waals surface area contributed by atoms with Crippen LogP contribution < -0.4 is 0 Å². The van der Waals surface area contributed by atoms with Crippen LogP contribution in [0.25, 0.3) is 5.57 Å². The number of halogens is 1.